The molecule has 1 N–H and O–H groups in total. The third-order valence-electron chi connectivity index (χ3n) is 4.22. The van der Waals surface area contributed by atoms with Gasteiger partial charge in [0.05, 0.1) is 12.8 Å². The second-order valence-corrected chi connectivity index (χ2v) is 5.58. The van der Waals surface area contributed by atoms with E-state index in [1.807, 2.05) is 6.92 Å². The molecule has 1 aliphatic heterocycles. The molecule has 0 unspecified atom stereocenters. The van der Waals surface area contributed by atoms with E-state index < -0.39 is 18.4 Å². The lowest BCUT2D eigenvalue weighted by molar-refractivity contribution is -0.130. The average Bonchev–Trinajstić information content (AvgIpc) is 3.10. The first-order valence-corrected chi connectivity index (χ1v) is 7.33. The quantitative estimate of drug-likeness (QED) is 0.872. The number of aromatic nitrogens is 3. The zero-order chi connectivity index (χ0) is 20.0. The van der Waals surface area contributed by atoms with Gasteiger partial charge in [0.2, 0.25) is 0 Å². The number of carbonyl (C=O) groups excluding carboxylic acids is 1. The van der Waals surface area contributed by atoms with E-state index in [1.54, 1.807) is 24.2 Å². The molecule has 1 saturated heterocycles. The summed E-state index contributed by atoms with van der Waals surface area (Å²) in [5.74, 6) is -0.677. The van der Waals surface area contributed by atoms with Gasteiger partial charge in [-0.15, -0.1) is 0 Å². The van der Waals surface area contributed by atoms with Gasteiger partial charge in [0.15, 0.2) is 0 Å². The Morgan fingerprint density at radius 1 is 1.74 bits per heavy atom. The van der Waals surface area contributed by atoms with Gasteiger partial charge in [-0.3, -0.25) is 4.79 Å². The fraction of sp³-hybridized carbons (Fsp3) is 0.500. The molecule has 0 spiro atoms. The molecule has 0 aliphatic carbocycles. The maximum absolute atomic E-state index is 12.4. The van der Waals surface area contributed by atoms with Gasteiger partial charge in [-0.1, -0.05) is 6.92 Å². The number of nitrogens with one attached hydrogen (secondary N) is 1. The third-order valence-corrected chi connectivity index (χ3v) is 4.22. The normalized spacial score (nSPS) is 27.5. The topological polar surface area (TPSA) is 69.5 Å². The molecule has 7 heteroatoms. The standard InChI is InChI=1S/C16H20N6O/c1-11-5-7-22(14(23)8-17-2)9-13(11)21(3)16-12-4-6-18-15(12)19-10-20-16/h4,6,10-11,13H,5,7-9H2,1,3H3,(H,18,19,20)/t11-,13+/m1/s1/i8D2,10D,13D. The van der Waals surface area contributed by atoms with Crippen molar-refractivity contribution in [3.8, 4) is 0 Å². The Hall–Kier alpha value is -2.62. The van der Waals surface area contributed by atoms with E-state index in [2.05, 4.69) is 19.8 Å². The number of rotatable bonds is 3. The Bertz CT molecular complexity index is 925. The van der Waals surface area contributed by atoms with Crippen molar-refractivity contribution in [3.63, 3.8) is 0 Å². The SMILES string of the molecule is [2H]c1nc(N(C)[C@@]2([2H])CN(C(=O)C([2H])([2H])[N+]#[C-])CC[C@H]2C)c2cc[nH]c2n1. The molecule has 2 aromatic rings. The molecule has 2 aromatic heterocycles. The predicted molar refractivity (Wildman–Crippen MR) is 87.9 cm³/mol. The molecule has 1 fully saturated rings. The highest BCUT2D eigenvalue weighted by Gasteiger charge is 2.33. The van der Waals surface area contributed by atoms with Crippen LogP contribution in [0.5, 0.6) is 0 Å². The van der Waals surface area contributed by atoms with Crippen LogP contribution in [0, 0.1) is 12.5 Å². The summed E-state index contributed by atoms with van der Waals surface area (Å²) in [5.41, 5.74) is 0.487. The summed E-state index contributed by atoms with van der Waals surface area (Å²) in [7, 11) is 1.68. The van der Waals surface area contributed by atoms with Gasteiger partial charge >= 0.3 is 5.91 Å². The maximum Gasteiger partial charge on any atom is 0.302 e. The Labute approximate surface area is 140 Å². The number of hydrogen-bond donors (Lipinski definition) is 1. The van der Waals surface area contributed by atoms with E-state index >= 15 is 0 Å². The lowest BCUT2D eigenvalue weighted by Gasteiger charge is -2.41. The largest absolute Gasteiger partial charge is 0.354 e. The first kappa shape index (κ1) is 11.0. The molecule has 3 rings (SSSR count). The van der Waals surface area contributed by atoms with E-state index in [4.69, 9.17) is 12.1 Å². The highest BCUT2D eigenvalue weighted by atomic mass is 16.2. The molecule has 23 heavy (non-hydrogen) atoms. The van der Waals surface area contributed by atoms with E-state index in [-0.39, 0.29) is 25.3 Å². The molecular weight excluding hydrogens is 292 g/mol. The minimum atomic E-state index is -2.64. The van der Waals surface area contributed by atoms with Crippen molar-refractivity contribution in [2.45, 2.75) is 19.4 Å². The number of amides is 1. The van der Waals surface area contributed by atoms with Crippen LogP contribution in [0.1, 0.15) is 18.8 Å². The molecule has 2 atom stereocenters. The first-order chi connectivity index (χ1) is 12.6. The maximum atomic E-state index is 12.4. The predicted octanol–water partition coefficient (Wildman–Crippen LogP) is 1.55. The van der Waals surface area contributed by atoms with E-state index in [1.165, 1.54) is 4.90 Å². The van der Waals surface area contributed by atoms with Gasteiger partial charge in [0.25, 0.3) is 6.50 Å². The highest BCUT2D eigenvalue weighted by Crippen LogP contribution is 2.28. The summed E-state index contributed by atoms with van der Waals surface area (Å²) in [4.78, 5) is 29.2. The van der Waals surface area contributed by atoms with E-state index in [0.29, 0.717) is 23.3 Å². The molecular formula is C16H20N6O. The number of hydrogen-bond acceptors (Lipinski definition) is 4. The first-order valence-electron chi connectivity index (χ1n) is 9.33. The van der Waals surface area contributed by atoms with Crippen LogP contribution in [0.2, 0.25) is 0 Å². The summed E-state index contributed by atoms with van der Waals surface area (Å²) in [6, 6.07) is 0.467. The molecule has 0 saturated carbocycles. The molecule has 0 bridgehead atoms. The van der Waals surface area contributed by atoms with Gasteiger partial charge in [-0.25, -0.2) is 16.5 Å². The second-order valence-electron chi connectivity index (χ2n) is 5.58. The fourth-order valence-corrected chi connectivity index (χ4v) is 2.88. The minimum absolute atomic E-state index is 0.0677. The van der Waals surface area contributed by atoms with Crippen molar-refractivity contribution in [3.05, 3.63) is 30.0 Å². The lowest BCUT2D eigenvalue weighted by atomic mass is 9.92. The Morgan fingerprint density at radius 2 is 2.57 bits per heavy atom. The summed E-state index contributed by atoms with van der Waals surface area (Å²) >= 11 is 0. The minimum Gasteiger partial charge on any atom is -0.354 e. The van der Waals surface area contributed by atoms with E-state index in [9.17, 15) is 4.79 Å². The summed E-state index contributed by atoms with van der Waals surface area (Å²) < 4.78 is 32.0. The zero-order valence-electron chi connectivity index (χ0n) is 17.0. The molecule has 0 aromatic carbocycles. The highest BCUT2D eigenvalue weighted by molar-refractivity contribution is 5.87. The van der Waals surface area contributed by atoms with Crippen LogP contribution in [0.3, 0.4) is 0 Å². The van der Waals surface area contributed by atoms with Crippen molar-refractivity contribution in [1.29, 1.82) is 0 Å². The molecule has 1 amide bonds. The van der Waals surface area contributed by atoms with Crippen LogP contribution in [-0.2, 0) is 4.79 Å². The smallest absolute Gasteiger partial charge is 0.302 e. The van der Waals surface area contributed by atoms with Crippen LogP contribution in [0.4, 0.5) is 5.82 Å². The Morgan fingerprint density at radius 3 is 3.35 bits per heavy atom. The molecule has 7 nitrogen and oxygen atoms in total. The van der Waals surface area contributed by atoms with Gasteiger partial charge in [-0.05, 0) is 18.4 Å². The molecule has 3 heterocycles. The summed E-state index contributed by atoms with van der Waals surface area (Å²) in [6.45, 7) is 6.39. The molecule has 0 radical (unpaired) electrons. The average molecular weight is 316 g/mol. The second kappa shape index (κ2) is 6.24. The summed E-state index contributed by atoms with van der Waals surface area (Å²) in [5, 5.41) is 0.660. The van der Waals surface area contributed by atoms with Crippen LogP contribution in [0.25, 0.3) is 15.9 Å². The van der Waals surface area contributed by atoms with Crippen molar-refractivity contribution in [1.82, 2.24) is 19.9 Å². The fourth-order valence-electron chi connectivity index (χ4n) is 2.88. The van der Waals surface area contributed by atoms with Crippen molar-refractivity contribution >= 4 is 22.8 Å². The van der Waals surface area contributed by atoms with Crippen molar-refractivity contribution < 1.29 is 10.3 Å². The summed E-state index contributed by atoms with van der Waals surface area (Å²) in [6.07, 6.45) is 1.98. The third kappa shape index (κ3) is 2.84. The van der Waals surface area contributed by atoms with Gasteiger partial charge in [-0.2, -0.15) is 0 Å². The number of fused-ring (bicyclic) bond motifs is 1. The van der Waals surface area contributed by atoms with Crippen LogP contribution in [0.15, 0.2) is 18.6 Å². The molecule has 120 valence electrons. The van der Waals surface area contributed by atoms with Crippen molar-refractivity contribution in [2.75, 3.05) is 31.5 Å². The number of H-pyrrole nitrogens is 1. The number of nitrogens with zero attached hydrogens (tertiary/aromatic N) is 5. The Kier molecular flexibility index (Phi) is 2.99. The number of aromatic amines is 1. The van der Waals surface area contributed by atoms with Crippen molar-refractivity contribution in [2.24, 2.45) is 5.92 Å². The number of likely N-dealkylation sites (N-methyl/N-ethyl adjacent to an activating group) is 1. The van der Waals surface area contributed by atoms with Crippen LogP contribution < -0.4 is 4.90 Å². The van der Waals surface area contributed by atoms with E-state index in [0.717, 1.165) is 0 Å². The van der Waals surface area contributed by atoms with Crippen LogP contribution in [-0.4, -0.2) is 58.4 Å². The van der Waals surface area contributed by atoms with Gasteiger partial charge in [0, 0.05) is 26.3 Å². The number of anilines is 1. The zero-order valence-corrected chi connectivity index (χ0v) is 13.0. The lowest BCUT2D eigenvalue weighted by Crippen LogP contribution is -2.53. The van der Waals surface area contributed by atoms with Crippen LogP contribution >= 0.6 is 0 Å². The number of piperidine rings is 1. The number of likely N-dealkylation sites (tertiary alicyclic amines) is 1. The monoisotopic (exact) mass is 316 g/mol. The van der Waals surface area contributed by atoms with Gasteiger partial charge in [0.1, 0.15) is 21.9 Å². The number of carbonyl (C=O) groups is 1. The Balaban J connectivity index is 1.98. The molecule has 1 aliphatic rings. The van der Waals surface area contributed by atoms with Gasteiger partial charge < -0.3 is 19.6 Å².